The number of hydrogen-bond donors (Lipinski definition) is 3. The van der Waals surface area contributed by atoms with Crippen molar-refractivity contribution in [3.05, 3.63) is 59.7 Å². The molecule has 1 fully saturated rings. The van der Waals surface area contributed by atoms with Gasteiger partial charge < -0.3 is 20.5 Å². The first-order valence-corrected chi connectivity index (χ1v) is 11.2. The maximum absolute atomic E-state index is 12.8. The van der Waals surface area contributed by atoms with E-state index in [9.17, 15) is 19.5 Å². The van der Waals surface area contributed by atoms with Crippen molar-refractivity contribution < 1.29 is 24.2 Å². The predicted octanol–water partition coefficient (Wildman–Crippen LogP) is 3.92. The van der Waals surface area contributed by atoms with Crippen molar-refractivity contribution in [2.24, 2.45) is 10.8 Å². The summed E-state index contributed by atoms with van der Waals surface area (Å²) in [6, 6.07) is 15.3. The molecule has 2 amide bonds. The molecule has 1 unspecified atom stereocenters. The zero-order valence-corrected chi connectivity index (χ0v) is 19.2. The molecule has 0 saturated heterocycles. The SMILES string of the molecule is CC(C)(C)C(NC(=O)OCC1c2ccccc2-c2ccccc21)C(=O)NCC1(C(=O)O)CC1. The van der Waals surface area contributed by atoms with E-state index < -0.39 is 34.8 Å². The molecular formula is C26H30N2O5. The number of carboxylic acid groups (broad SMARTS) is 1. The number of nitrogens with one attached hydrogen (secondary N) is 2. The molecule has 3 N–H and O–H groups in total. The molecule has 0 spiro atoms. The normalized spacial score (nSPS) is 16.8. The molecule has 7 heteroatoms. The number of hydrogen-bond acceptors (Lipinski definition) is 4. The molecule has 1 atom stereocenters. The number of aliphatic carboxylic acids is 1. The standard InChI is InChI=1S/C26H30N2O5/c1-25(2,3)21(22(29)27-15-26(12-13-26)23(30)31)28-24(32)33-14-20-18-10-6-4-8-16(18)17-9-5-7-11-19(17)20/h4-11,20-21H,12-15H2,1-3H3,(H,27,29)(H,28,32)(H,30,31). The third-order valence-corrected chi connectivity index (χ3v) is 6.64. The maximum atomic E-state index is 12.8. The minimum Gasteiger partial charge on any atom is -0.481 e. The average molecular weight is 451 g/mol. The van der Waals surface area contributed by atoms with Gasteiger partial charge >= 0.3 is 12.1 Å². The summed E-state index contributed by atoms with van der Waals surface area (Å²) in [7, 11) is 0. The molecule has 0 aromatic heterocycles. The van der Waals surface area contributed by atoms with E-state index in [1.54, 1.807) is 0 Å². The van der Waals surface area contributed by atoms with Crippen LogP contribution in [0.3, 0.4) is 0 Å². The van der Waals surface area contributed by atoms with Crippen molar-refractivity contribution in [2.75, 3.05) is 13.2 Å². The number of carbonyl (C=O) groups is 3. The van der Waals surface area contributed by atoms with Crippen molar-refractivity contribution in [1.29, 1.82) is 0 Å². The van der Waals surface area contributed by atoms with Gasteiger partial charge in [-0.2, -0.15) is 0 Å². The number of carboxylic acids is 1. The second-order valence-corrected chi connectivity index (χ2v) is 10.1. The Labute approximate surface area is 193 Å². The van der Waals surface area contributed by atoms with Crippen LogP contribution in [0.1, 0.15) is 50.7 Å². The molecule has 7 nitrogen and oxygen atoms in total. The van der Waals surface area contributed by atoms with Crippen LogP contribution in [0.15, 0.2) is 48.5 Å². The molecule has 2 aromatic rings. The summed E-state index contributed by atoms with van der Waals surface area (Å²) in [6.45, 7) is 5.72. The summed E-state index contributed by atoms with van der Waals surface area (Å²) in [4.78, 5) is 36.9. The van der Waals surface area contributed by atoms with Gasteiger partial charge in [0.15, 0.2) is 0 Å². The van der Waals surface area contributed by atoms with Gasteiger partial charge in [0, 0.05) is 12.5 Å². The first-order chi connectivity index (χ1) is 15.6. The molecule has 2 aromatic carbocycles. The smallest absolute Gasteiger partial charge is 0.407 e. The largest absolute Gasteiger partial charge is 0.481 e. The molecule has 33 heavy (non-hydrogen) atoms. The summed E-state index contributed by atoms with van der Waals surface area (Å²) < 4.78 is 5.59. The average Bonchev–Trinajstić information content (AvgIpc) is 3.51. The van der Waals surface area contributed by atoms with Crippen molar-refractivity contribution in [2.45, 2.75) is 45.6 Å². The van der Waals surface area contributed by atoms with Gasteiger partial charge in [0.25, 0.3) is 0 Å². The molecule has 0 heterocycles. The van der Waals surface area contributed by atoms with Gasteiger partial charge in [-0.3, -0.25) is 9.59 Å². The number of rotatable bonds is 7. The number of fused-ring (bicyclic) bond motifs is 3. The van der Waals surface area contributed by atoms with E-state index in [1.165, 1.54) is 0 Å². The Morgan fingerprint density at radius 2 is 1.58 bits per heavy atom. The Bertz CT molecular complexity index is 1040. The monoisotopic (exact) mass is 450 g/mol. The quantitative estimate of drug-likeness (QED) is 0.593. The lowest BCUT2D eigenvalue weighted by molar-refractivity contribution is -0.143. The van der Waals surface area contributed by atoms with E-state index in [-0.39, 0.29) is 19.1 Å². The van der Waals surface area contributed by atoms with Gasteiger partial charge in [-0.05, 0) is 40.5 Å². The van der Waals surface area contributed by atoms with Gasteiger partial charge in [0.05, 0.1) is 5.41 Å². The highest BCUT2D eigenvalue weighted by Gasteiger charge is 2.50. The highest BCUT2D eigenvalue weighted by atomic mass is 16.5. The van der Waals surface area contributed by atoms with Crippen LogP contribution < -0.4 is 10.6 Å². The number of amides is 2. The predicted molar refractivity (Wildman–Crippen MR) is 124 cm³/mol. The number of alkyl carbamates (subject to hydrolysis) is 1. The zero-order valence-electron chi connectivity index (χ0n) is 19.2. The first kappa shape index (κ1) is 22.8. The van der Waals surface area contributed by atoms with Crippen molar-refractivity contribution in [1.82, 2.24) is 10.6 Å². The molecule has 4 rings (SSSR count). The number of ether oxygens (including phenoxy) is 1. The van der Waals surface area contributed by atoms with Gasteiger partial charge in [0.1, 0.15) is 12.6 Å². The van der Waals surface area contributed by atoms with Crippen LogP contribution >= 0.6 is 0 Å². The Kier molecular flexibility index (Phi) is 5.91. The van der Waals surface area contributed by atoms with Gasteiger partial charge in [-0.15, -0.1) is 0 Å². The van der Waals surface area contributed by atoms with E-state index in [1.807, 2.05) is 57.2 Å². The molecular weight excluding hydrogens is 420 g/mol. The lowest BCUT2D eigenvalue weighted by Gasteiger charge is -2.30. The fourth-order valence-electron chi connectivity index (χ4n) is 4.41. The fraction of sp³-hybridized carbons (Fsp3) is 0.423. The molecule has 0 bridgehead atoms. The zero-order chi connectivity index (χ0) is 23.8. The topological polar surface area (TPSA) is 105 Å². The number of carbonyl (C=O) groups excluding carboxylic acids is 2. The highest BCUT2D eigenvalue weighted by Crippen LogP contribution is 2.45. The summed E-state index contributed by atoms with van der Waals surface area (Å²) >= 11 is 0. The number of benzene rings is 2. The van der Waals surface area contributed by atoms with Crippen LogP contribution in [0.5, 0.6) is 0 Å². The third kappa shape index (κ3) is 4.58. The second-order valence-electron chi connectivity index (χ2n) is 10.1. The Morgan fingerprint density at radius 1 is 1.03 bits per heavy atom. The molecule has 0 radical (unpaired) electrons. The maximum Gasteiger partial charge on any atom is 0.407 e. The third-order valence-electron chi connectivity index (χ3n) is 6.64. The summed E-state index contributed by atoms with van der Waals surface area (Å²) in [5.41, 5.74) is 3.04. The van der Waals surface area contributed by atoms with Crippen molar-refractivity contribution >= 4 is 18.0 Å². The summed E-state index contributed by atoms with van der Waals surface area (Å²) in [5.74, 6) is -1.39. The van der Waals surface area contributed by atoms with Crippen molar-refractivity contribution in [3.63, 3.8) is 0 Å². The van der Waals surface area contributed by atoms with Gasteiger partial charge in [-0.25, -0.2) is 4.79 Å². The second kappa shape index (κ2) is 8.54. The minimum absolute atomic E-state index is 0.0557. The highest BCUT2D eigenvalue weighted by molar-refractivity contribution is 5.87. The van der Waals surface area contributed by atoms with Crippen LogP contribution in [0.25, 0.3) is 11.1 Å². The van der Waals surface area contributed by atoms with E-state index in [4.69, 9.17) is 4.74 Å². The van der Waals surface area contributed by atoms with E-state index in [2.05, 4.69) is 22.8 Å². The molecule has 2 aliphatic carbocycles. The Hall–Kier alpha value is -3.35. The van der Waals surface area contributed by atoms with Crippen LogP contribution in [-0.2, 0) is 14.3 Å². The molecule has 174 valence electrons. The molecule has 0 aliphatic heterocycles. The fourth-order valence-corrected chi connectivity index (χ4v) is 4.41. The summed E-state index contributed by atoms with van der Waals surface area (Å²) in [5, 5.41) is 14.7. The Morgan fingerprint density at radius 3 is 2.06 bits per heavy atom. The lowest BCUT2D eigenvalue weighted by Crippen LogP contribution is -2.54. The minimum atomic E-state index is -0.903. The van der Waals surface area contributed by atoms with Crippen LogP contribution in [0.4, 0.5) is 4.79 Å². The van der Waals surface area contributed by atoms with Gasteiger partial charge in [0.2, 0.25) is 5.91 Å². The van der Waals surface area contributed by atoms with Crippen molar-refractivity contribution in [3.8, 4) is 11.1 Å². The lowest BCUT2D eigenvalue weighted by atomic mass is 9.86. The Balaban J connectivity index is 1.40. The van der Waals surface area contributed by atoms with Crippen LogP contribution in [0.2, 0.25) is 0 Å². The van der Waals surface area contributed by atoms with Crippen LogP contribution in [0, 0.1) is 10.8 Å². The molecule has 2 aliphatic rings. The first-order valence-electron chi connectivity index (χ1n) is 11.2. The van der Waals surface area contributed by atoms with E-state index in [0.717, 1.165) is 22.3 Å². The van der Waals surface area contributed by atoms with E-state index >= 15 is 0 Å². The van der Waals surface area contributed by atoms with E-state index in [0.29, 0.717) is 12.8 Å². The van der Waals surface area contributed by atoms with Crippen LogP contribution in [-0.4, -0.2) is 42.3 Å². The van der Waals surface area contributed by atoms with Gasteiger partial charge in [-0.1, -0.05) is 69.3 Å². The summed E-state index contributed by atoms with van der Waals surface area (Å²) in [6.07, 6.45) is 0.414. The molecule has 1 saturated carbocycles.